The zero-order valence-corrected chi connectivity index (χ0v) is 14.2. The maximum absolute atomic E-state index is 12.2. The number of carbonyl (C=O) groups excluding carboxylic acids is 1. The number of nitrogens with zero attached hydrogens (tertiary/aromatic N) is 1. The summed E-state index contributed by atoms with van der Waals surface area (Å²) in [5, 5.41) is 0. The standard InChI is InChI=1S/C20H27NO/c1-5-20-12-17-15(13(2)22)11-19(20,3)18(21(17)4)10-14-8-6-7-9-16(14)20/h6-9,15,17-18H,5,10-12H2,1-4H3. The van der Waals surface area contributed by atoms with Crippen molar-refractivity contribution < 1.29 is 4.79 Å². The van der Waals surface area contributed by atoms with E-state index in [0.29, 0.717) is 17.9 Å². The predicted molar refractivity (Wildman–Crippen MR) is 89.0 cm³/mol. The summed E-state index contributed by atoms with van der Waals surface area (Å²) in [6, 6.07) is 10.1. The Morgan fingerprint density at radius 1 is 1.32 bits per heavy atom. The quantitative estimate of drug-likeness (QED) is 0.831. The van der Waals surface area contributed by atoms with Crippen molar-refractivity contribution in [3.63, 3.8) is 0 Å². The van der Waals surface area contributed by atoms with Gasteiger partial charge in [-0.25, -0.2) is 0 Å². The molecule has 2 aliphatic carbocycles. The van der Waals surface area contributed by atoms with Crippen molar-refractivity contribution in [3.8, 4) is 0 Å². The van der Waals surface area contributed by atoms with Gasteiger partial charge in [0, 0.05) is 23.4 Å². The molecule has 2 heteroatoms. The van der Waals surface area contributed by atoms with E-state index in [0.717, 1.165) is 19.3 Å². The van der Waals surface area contributed by atoms with E-state index in [2.05, 4.69) is 50.1 Å². The summed E-state index contributed by atoms with van der Waals surface area (Å²) < 4.78 is 0. The van der Waals surface area contributed by atoms with Gasteiger partial charge in [-0.2, -0.15) is 0 Å². The van der Waals surface area contributed by atoms with E-state index >= 15 is 0 Å². The fraction of sp³-hybridized carbons (Fsp3) is 0.650. The zero-order valence-electron chi connectivity index (χ0n) is 14.2. The van der Waals surface area contributed by atoms with Gasteiger partial charge in [0.05, 0.1) is 0 Å². The highest BCUT2D eigenvalue weighted by Crippen LogP contribution is 2.66. The van der Waals surface area contributed by atoms with E-state index in [9.17, 15) is 4.79 Å². The molecular formula is C20H27NO. The summed E-state index contributed by atoms with van der Waals surface area (Å²) in [6.45, 7) is 6.62. The third-order valence-electron chi connectivity index (χ3n) is 7.58. The molecule has 0 spiro atoms. The third-order valence-corrected chi connectivity index (χ3v) is 7.58. The maximum atomic E-state index is 12.2. The maximum Gasteiger partial charge on any atom is 0.134 e. The lowest BCUT2D eigenvalue weighted by Gasteiger charge is -2.70. The van der Waals surface area contributed by atoms with E-state index in [1.165, 1.54) is 6.42 Å². The van der Waals surface area contributed by atoms with Crippen LogP contribution in [0.15, 0.2) is 24.3 Å². The number of hydrogen-bond donors (Lipinski definition) is 0. The highest BCUT2D eigenvalue weighted by atomic mass is 16.1. The summed E-state index contributed by atoms with van der Waals surface area (Å²) in [5.41, 5.74) is 3.60. The molecule has 2 nitrogen and oxygen atoms in total. The van der Waals surface area contributed by atoms with E-state index < -0.39 is 0 Å². The Labute approximate surface area is 133 Å². The molecule has 4 aliphatic rings. The van der Waals surface area contributed by atoms with Crippen molar-refractivity contribution in [2.45, 2.75) is 64.0 Å². The van der Waals surface area contributed by atoms with Crippen LogP contribution in [0.2, 0.25) is 0 Å². The van der Waals surface area contributed by atoms with E-state index in [1.807, 2.05) is 0 Å². The molecule has 0 amide bonds. The minimum absolute atomic E-state index is 0.218. The first-order chi connectivity index (χ1) is 10.4. The van der Waals surface area contributed by atoms with Crippen LogP contribution in [0.25, 0.3) is 0 Å². The van der Waals surface area contributed by atoms with E-state index in [4.69, 9.17) is 0 Å². The Bertz CT molecular complexity index is 638. The van der Waals surface area contributed by atoms with Gasteiger partial charge < -0.3 is 0 Å². The third kappa shape index (κ3) is 1.47. The van der Waals surface area contributed by atoms with Crippen molar-refractivity contribution in [1.29, 1.82) is 0 Å². The molecule has 2 aliphatic heterocycles. The minimum atomic E-state index is 0.218. The molecule has 5 unspecified atom stereocenters. The van der Waals surface area contributed by atoms with Crippen molar-refractivity contribution in [1.82, 2.24) is 4.90 Å². The summed E-state index contributed by atoms with van der Waals surface area (Å²) in [5.74, 6) is 0.622. The fourth-order valence-corrected chi connectivity index (χ4v) is 6.40. The van der Waals surface area contributed by atoms with Gasteiger partial charge in [0.2, 0.25) is 0 Å². The van der Waals surface area contributed by atoms with Crippen molar-refractivity contribution in [2.24, 2.45) is 11.3 Å². The lowest BCUT2D eigenvalue weighted by atomic mass is 9.41. The van der Waals surface area contributed by atoms with Crippen LogP contribution in [-0.4, -0.2) is 29.8 Å². The summed E-state index contributed by atoms with van der Waals surface area (Å²) >= 11 is 0. The number of carbonyl (C=O) groups is 1. The monoisotopic (exact) mass is 297 g/mol. The van der Waals surface area contributed by atoms with Crippen LogP contribution in [-0.2, 0) is 16.6 Å². The second-order valence-corrected chi connectivity index (χ2v) is 8.09. The average molecular weight is 297 g/mol. The van der Waals surface area contributed by atoms with Crippen molar-refractivity contribution in [3.05, 3.63) is 35.4 Å². The first kappa shape index (κ1) is 14.4. The molecule has 1 saturated carbocycles. The molecule has 5 rings (SSSR count). The summed E-state index contributed by atoms with van der Waals surface area (Å²) in [4.78, 5) is 14.8. The van der Waals surface area contributed by atoms with Gasteiger partial charge in [-0.05, 0) is 56.2 Å². The molecule has 4 bridgehead atoms. The topological polar surface area (TPSA) is 20.3 Å². The molecule has 22 heavy (non-hydrogen) atoms. The fourth-order valence-electron chi connectivity index (χ4n) is 6.40. The molecule has 118 valence electrons. The molecule has 0 N–H and O–H groups in total. The largest absolute Gasteiger partial charge is 0.300 e. The number of ketones is 1. The van der Waals surface area contributed by atoms with Crippen LogP contribution in [0, 0.1) is 11.3 Å². The molecule has 5 atom stereocenters. The zero-order chi connectivity index (χ0) is 15.7. The number of rotatable bonds is 2. The first-order valence-corrected chi connectivity index (χ1v) is 8.75. The van der Waals surface area contributed by atoms with Crippen LogP contribution in [0.4, 0.5) is 0 Å². The smallest absolute Gasteiger partial charge is 0.134 e. The van der Waals surface area contributed by atoms with E-state index in [-0.39, 0.29) is 16.7 Å². The second kappa shape index (κ2) is 4.44. The lowest BCUT2D eigenvalue weighted by molar-refractivity contribution is -0.165. The SMILES string of the molecule is CCC12CC3C(C(C)=O)CC1(C)C(Cc1ccccc12)N3C. The second-order valence-electron chi connectivity index (χ2n) is 8.09. The number of fused-ring (bicyclic) bond motifs is 2. The van der Waals surface area contributed by atoms with Gasteiger partial charge in [-0.1, -0.05) is 38.1 Å². The van der Waals surface area contributed by atoms with Crippen LogP contribution in [0.1, 0.15) is 51.2 Å². The number of hydrogen-bond acceptors (Lipinski definition) is 2. The Hall–Kier alpha value is -1.15. The molecule has 0 aromatic heterocycles. The Balaban J connectivity index is 1.93. The summed E-state index contributed by atoms with van der Waals surface area (Å²) in [7, 11) is 2.26. The Morgan fingerprint density at radius 2 is 2.05 bits per heavy atom. The van der Waals surface area contributed by atoms with Gasteiger partial charge >= 0.3 is 0 Å². The molecular weight excluding hydrogens is 270 g/mol. The van der Waals surface area contributed by atoms with Crippen LogP contribution in [0.3, 0.4) is 0 Å². The summed E-state index contributed by atoms with van der Waals surface area (Å²) in [6.07, 6.45) is 4.55. The van der Waals surface area contributed by atoms with E-state index in [1.54, 1.807) is 18.1 Å². The van der Waals surface area contributed by atoms with Crippen LogP contribution >= 0.6 is 0 Å². The van der Waals surface area contributed by atoms with Gasteiger partial charge in [0.15, 0.2) is 0 Å². The van der Waals surface area contributed by atoms with Gasteiger partial charge in [-0.3, -0.25) is 9.69 Å². The minimum Gasteiger partial charge on any atom is -0.300 e. The number of likely N-dealkylation sites (N-methyl/N-ethyl adjacent to an activating group) is 1. The molecule has 2 saturated heterocycles. The average Bonchev–Trinajstić information content (AvgIpc) is 2.50. The predicted octanol–water partition coefficient (Wildman–Crippen LogP) is 3.58. The lowest BCUT2D eigenvalue weighted by Crippen LogP contribution is -2.74. The number of benzene rings is 1. The molecule has 1 aromatic rings. The van der Waals surface area contributed by atoms with Gasteiger partial charge in [0.25, 0.3) is 0 Å². The number of piperidine rings is 2. The van der Waals surface area contributed by atoms with Crippen LogP contribution in [0.5, 0.6) is 0 Å². The molecule has 2 heterocycles. The Kier molecular flexibility index (Phi) is 2.92. The molecule has 1 aromatic carbocycles. The highest BCUT2D eigenvalue weighted by molar-refractivity contribution is 5.80. The highest BCUT2D eigenvalue weighted by Gasteiger charge is 2.66. The molecule has 0 radical (unpaired) electrons. The van der Waals surface area contributed by atoms with Crippen molar-refractivity contribution in [2.75, 3.05) is 7.05 Å². The van der Waals surface area contributed by atoms with Gasteiger partial charge in [-0.15, -0.1) is 0 Å². The molecule has 3 fully saturated rings. The Morgan fingerprint density at radius 3 is 2.73 bits per heavy atom. The van der Waals surface area contributed by atoms with Gasteiger partial charge in [0.1, 0.15) is 5.78 Å². The number of Topliss-reactive ketones (excluding diaryl/α,β-unsaturated/α-hetero) is 1. The first-order valence-electron chi connectivity index (χ1n) is 8.75. The van der Waals surface area contributed by atoms with Crippen molar-refractivity contribution >= 4 is 5.78 Å². The normalized spacial score (nSPS) is 43.0. The van der Waals surface area contributed by atoms with Crippen LogP contribution < -0.4 is 0 Å².